The number of nitrogens with zero attached hydrogens (tertiary/aromatic N) is 3. The van der Waals surface area contributed by atoms with Crippen LogP contribution in [0, 0.1) is 0 Å². The van der Waals surface area contributed by atoms with E-state index in [1.165, 1.54) is 22.2 Å². The molecule has 0 radical (unpaired) electrons. The molecule has 0 spiro atoms. The fourth-order valence-electron chi connectivity index (χ4n) is 5.01. The van der Waals surface area contributed by atoms with Crippen LogP contribution in [0.15, 0.2) is 76.7 Å². The molecule has 3 aromatic rings. The summed E-state index contributed by atoms with van der Waals surface area (Å²) < 4.78 is 10.7. The van der Waals surface area contributed by atoms with Crippen molar-refractivity contribution in [1.29, 1.82) is 0 Å². The van der Waals surface area contributed by atoms with E-state index in [1.54, 1.807) is 6.07 Å². The third kappa shape index (κ3) is 5.98. The third-order valence-electron chi connectivity index (χ3n) is 7.39. The summed E-state index contributed by atoms with van der Waals surface area (Å²) in [7, 11) is 0. The van der Waals surface area contributed by atoms with Crippen LogP contribution in [0.1, 0.15) is 43.4 Å². The lowest BCUT2D eigenvalue weighted by Gasteiger charge is -2.27. The van der Waals surface area contributed by atoms with Crippen LogP contribution in [0.2, 0.25) is 0 Å². The smallest absolute Gasteiger partial charge is 0.259 e. The topological polar surface area (TPSA) is 122 Å². The Balaban J connectivity index is 1.16. The van der Waals surface area contributed by atoms with Crippen molar-refractivity contribution in [2.24, 2.45) is 9.98 Å². The molecule has 0 saturated heterocycles. The number of rotatable bonds is 9. The van der Waals surface area contributed by atoms with Gasteiger partial charge in [-0.2, -0.15) is 0 Å². The number of benzene rings is 3. The molecule has 0 aromatic heterocycles. The fourth-order valence-corrected chi connectivity index (χ4v) is 6.03. The SMILES string of the molecule is CCc1ccc(NC(=O)[C@H](CC)SC2=Nc3ccccc3C3=N[C@@H](CC(=O)NCc4ccc5c(c4)OCO5)C(=O)N23)cc1. The summed E-state index contributed by atoms with van der Waals surface area (Å²) in [5.74, 6) is 0.916. The van der Waals surface area contributed by atoms with Crippen molar-refractivity contribution in [1.82, 2.24) is 10.2 Å². The second kappa shape index (κ2) is 12.3. The fraction of sp³-hybridized carbons (Fsp3) is 0.281. The molecule has 2 atom stereocenters. The molecule has 10 nitrogen and oxygen atoms in total. The molecule has 0 saturated carbocycles. The van der Waals surface area contributed by atoms with Gasteiger partial charge in [-0.15, -0.1) is 0 Å². The van der Waals surface area contributed by atoms with Gasteiger partial charge in [-0.1, -0.05) is 55.9 Å². The standard InChI is InChI=1S/C32H31N5O5S/c1-3-19-9-12-21(13-10-19)34-30(39)27(4-2)43-32-36-23-8-6-5-7-22(23)29-35-24(31(40)37(29)32)16-28(38)33-17-20-11-14-25-26(15-20)42-18-41-25/h5-15,24,27H,3-4,16-18H2,1-2H3,(H,33,38)(H,34,39)/t24-,27-/m0/s1. The van der Waals surface area contributed by atoms with Gasteiger partial charge in [0.15, 0.2) is 16.7 Å². The van der Waals surface area contributed by atoms with Crippen LogP contribution in [0.4, 0.5) is 11.4 Å². The number of nitrogens with one attached hydrogen (secondary N) is 2. The van der Waals surface area contributed by atoms with Gasteiger partial charge < -0.3 is 20.1 Å². The van der Waals surface area contributed by atoms with Crippen molar-refractivity contribution in [2.75, 3.05) is 12.1 Å². The monoisotopic (exact) mass is 597 g/mol. The minimum atomic E-state index is -0.908. The van der Waals surface area contributed by atoms with Gasteiger partial charge in [0.05, 0.1) is 17.4 Å². The van der Waals surface area contributed by atoms with Gasteiger partial charge in [-0.3, -0.25) is 19.4 Å². The number of anilines is 1. The van der Waals surface area contributed by atoms with E-state index in [0.29, 0.717) is 45.9 Å². The van der Waals surface area contributed by atoms with E-state index in [1.807, 2.05) is 67.6 Å². The molecule has 0 aliphatic carbocycles. The van der Waals surface area contributed by atoms with Crippen molar-refractivity contribution < 1.29 is 23.9 Å². The lowest BCUT2D eigenvalue weighted by molar-refractivity contribution is -0.128. The molecule has 3 amide bonds. The summed E-state index contributed by atoms with van der Waals surface area (Å²) in [6.07, 6.45) is 1.32. The molecule has 0 bridgehead atoms. The van der Waals surface area contributed by atoms with Gasteiger partial charge in [0.1, 0.15) is 11.9 Å². The predicted octanol–water partition coefficient (Wildman–Crippen LogP) is 4.79. The minimum Gasteiger partial charge on any atom is -0.454 e. The number of hydrogen-bond donors (Lipinski definition) is 2. The summed E-state index contributed by atoms with van der Waals surface area (Å²) in [6.45, 7) is 4.45. The Morgan fingerprint density at radius 2 is 1.79 bits per heavy atom. The summed E-state index contributed by atoms with van der Waals surface area (Å²) in [5, 5.41) is 5.72. The highest BCUT2D eigenvalue weighted by Gasteiger charge is 2.43. The number of ether oxygens (including phenoxy) is 2. The maximum absolute atomic E-state index is 13.7. The molecule has 6 rings (SSSR count). The van der Waals surface area contributed by atoms with Crippen molar-refractivity contribution in [3.8, 4) is 11.5 Å². The highest BCUT2D eigenvalue weighted by atomic mass is 32.2. The number of fused-ring (bicyclic) bond motifs is 4. The average Bonchev–Trinajstić information content (AvgIpc) is 3.63. The predicted molar refractivity (Wildman–Crippen MR) is 166 cm³/mol. The van der Waals surface area contributed by atoms with Crippen LogP contribution in [0.25, 0.3) is 0 Å². The van der Waals surface area contributed by atoms with E-state index in [0.717, 1.165) is 12.0 Å². The third-order valence-corrected chi connectivity index (χ3v) is 8.71. The average molecular weight is 598 g/mol. The molecular weight excluding hydrogens is 566 g/mol. The first-order valence-corrected chi connectivity index (χ1v) is 15.1. The molecule has 3 aromatic carbocycles. The Morgan fingerprint density at radius 1 is 1.02 bits per heavy atom. The first-order chi connectivity index (χ1) is 20.9. The van der Waals surface area contributed by atoms with E-state index >= 15 is 0 Å². The molecule has 0 fully saturated rings. The van der Waals surface area contributed by atoms with Crippen LogP contribution < -0.4 is 20.1 Å². The molecule has 11 heteroatoms. The Hall–Kier alpha value is -4.64. The molecule has 3 aliphatic rings. The molecular formula is C32H31N5O5S. The largest absolute Gasteiger partial charge is 0.454 e. The number of thioether (sulfide) groups is 1. The first-order valence-electron chi connectivity index (χ1n) is 14.2. The van der Waals surface area contributed by atoms with Gasteiger partial charge in [0, 0.05) is 17.8 Å². The summed E-state index contributed by atoms with van der Waals surface area (Å²) in [5.41, 5.74) is 4.11. The zero-order valence-corrected chi connectivity index (χ0v) is 24.6. The van der Waals surface area contributed by atoms with Gasteiger partial charge in [0.2, 0.25) is 18.6 Å². The minimum absolute atomic E-state index is 0.116. The first kappa shape index (κ1) is 28.5. The van der Waals surface area contributed by atoms with E-state index in [4.69, 9.17) is 14.5 Å². The number of aliphatic imine (C=N–C) groups is 2. The van der Waals surface area contributed by atoms with E-state index in [9.17, 15) is 14.4 Å². The van der Waals surface area contributed by atoms with E-state index in [-0.39, 0.29) is 37.5 Å². The molecule has 3 aliphatic heterocycles. The quantitative estimate of drug-likeness (QED) is 0.366. The van der Waals surface area contributed by atoms with Crippen LogP contribution in [0.3, 0.4) is 0 Å². The van der Waals surface area contributed by atoms with Crippen molar-refractivity contribution in [3.63, 3.8) is 0 Å². The molecule has 3 heterocycles. The Labute approximate surface area is 253 Å². The number of carbonyl (C=O) groups is 3. The van der Waals surface area contributed by atoms with Gasteiger partial charge >= 0.3 is 0 Å². The van der Waals surface area contributed by atoms with Gasteiger partial charge in [-0.25, -0.2) is 9.89 Å². The number of carbonyl (C=O) groups excluding carboxylic acids is 3. The number of amides is 3. The lowest BCUT2D eigenvalue weighted by Crippen LogP contribution is -2.43. The van der Waals surface area contributed by atoms with Gasteiger partial charge in [-0.05, 0) is 60.4 Å². The zero-order valence-electron chi connectivity index (χ0n) is 23.8. The van der Waals surface area contributed by atoms with Crippen molar-refractivity contribution in [3.05, 3.63) is 83.4 Å². The number of aryl methyl sites for hydroxylation is 1. The van der Waals surface area contributed by atoms with E-state index in [2.05, 4.69) is 22.5 Å². The Bertz CT molecular complexity index is 1640. The normalized spacial score (nSPS) is 17.0. The lowest BCUT2D eigenvalue weighted by atomic mass is 10.1. The molecule has 43 heavy (non-hydrogen) atoms. The highest BCUT2D eigenvalue weighted by Crippen LogP contribution is 2.36. The van der Waals surface area contributed by atoms with Crippen LogP contribution in [-0.2, 0) is 27.3 Å². The maximum Gasteiger partial charge on any atom is 0.259 e. The van der Waals surface area contributed by atoms with Crippen LogP contribution in [-0.4, -0.2) is 51.7 Å². The van der Waals surface area contributed by atoms with Crippen LogP contribution >= 0.6 is 11.8 Å². The summed E-state index contributed by atoms with van der Waals surface area (Å²) in [4.78, 5) is 50.8. The number of para-hydroxylation sites is 1. The van der Waals surface area contributed by atoms with Crippen LogP contribution in [0.5, 0.6) is 11.5 Å². The second-order valence-corrected chi connectivity index (χ2v) is 11.4. The molecule has 220 valence electrons. The zero-order chi connectivity index (χ0) is 29.9. The Morgan fingerprint density at radius 3 is 2.58 bits per heavy atom. The Kier molecular flexibility index (Phi) is 8.15. The van der Waals surface area contributed by atoms with Gasteiger partial charge in [0.25, 0.3) is 5.91 Å². The number of amidine groups is 2. The highest BCUT2D eigenvalue weighted by molar-refractivity contribution is 8.15. The van der Waals surface area contributed by atoms with Crippen molar-refractivity contribution in [2.45, 2.75) is 50.9 Å². The molecule has 2 N–H and O–H groups in total. The van der Waals surface area contributed by atoms with E-state index < -0.39 is 11.3 Å². The maximum atomic E-state index is 13.7. The van der Waals surface area contributed by atoms with Crippen molar-refractivity contribution >= 4 is 51.9 Å². The molecule has 0 unspecified atom stereocenters. The number of hydrogen-bond acceptors (Lipinski definition) is 8. The summed E-state index contributed by atoms with van der Waals surface area (Å²) >= 11 is 1.22. The summed E-state index contributed by atoms with van der Waals surface area (Å²) in [6, 6.07) is 19.7. The second-order valence-electron chi connectivity index (χ2n) is 10.3.